The van der Waals surface area contributed by atoms with Crippen molar-refractivity contribution < 1.29 is 14.7 Å². The van der Waals surface area contributed by atoms with E-state index in [-0.39, 0.29) is 6.42 Å². The van der Waals surface area contributed by atoms with Crippen LogP contribution in [-0.4, -0.2) is 33.0 Å². The van der Waals surface area contributed by atoms with Crippen molar-refractivity contribution in [1.29, 1.82) is 0 Å². The number of aryl methyl sites for hydroxylation is 1. The zero-order valence-corrected chi connectivity index (χ0v) is 24.4. The molecule has 1 amide bonds. The molecule has 1 aromatic heterocycles. The first-order valence-electron chi connectivity index (χ1n) is 13.3. The number of hydrogen-bond donors (Lipinski definition) is 3. The van der Waals surface area contributed by atoms with Crippen LogP contribution in [0.5, 0.6) is 0 Å². The van der Waals surface area contributed by atoms with Gasteiger partial charge in [0.15, 0.2) is 0 Å². The maximum absolute atomic E-state index is 12.4. The summed E-state index contributed by atoms with van der Waals surface area (Å²) in [5.41, 5.74) is 1.36. The van der Waals surface area contributed by atoms with Gasteiger partial charge >= 0.3 is 5.97 Å². The Labute approximate surface area is 224 Å². The quantitative estimate of drug-likeness (QED) is 0.283. The second-order valence-electron chi connectivity index (χ2n) is 8.33. The number of nitrogens with one attached hydrogen (secondary N) is 2. The van der Waals surface area contributed by atoms with Crippen molar-refractivity contribution in [2.24, 2.45) is 11.8 Å². The summed E-state index contributed by atoms with van der Waals surface area (Å²) in [6.07, 6.45) is 2.57. The van der Waals surface area contributed by atoms with Crippen molar-refractivity contribution in [1.82, 2.24) is 15.3 Å². The van der Waals surface area contributed by atoms with Crippen molar-refractivity contribution in [3.63, 3.8) is 0 Å². The van der Waals surface area contributed by atoms with Crippen LogP contribution >= 0.6 is 0 Å². The highest BCUT2D eigenvalue weighted by Crippen LogP contribution is 2.16. The fourth-order valence-corrected chi connectivity index (χ4v) is 2.65. The number of rotatable bonds is 7. The molecular weight excluding hydrogens is 462 g/mol. The van der Waals surface area contributed by atoms with E-state index in [2.05, 4.69) is 56.1 Å². The smallest absolute Gasteiger partial charge is 0.326 e. The van der Waals surface area contributed by atoms with Gasteiger partial charge in [0.25, 0.3) is 5.91 Å². The molecule has 0 aliphatic carbocycles. The number of hydrogen-bond acceptors (Lipinski definition) is 3. The normalized spacial score (nSPS) is 10.4. The molecule has 2 aromatic carbocycles. The first kappa shape index (κ1) is 35.8. The lowest BCUT2D eigenvalue weighted by Crippen LogP contribution is -2.42. The number of carboxylic acid groups (broad SMARTS) is 1. The minimum Gasteiger partial charge on any atom is -0.480 e. The number of fused-ring (bicyclic) bond motifs is 1. The number of imidazole rings is 1. The number of H-pyrrole nitrogens is 1. The van der Waals surface area contributed by atoms with Gasteiger partial charge in [-0.25, -0.2) is 9.78 Å². The largest absolute Gasteiger partial charge is 0.480 e. The maximum Gasteiger partial charge on any atom is 0.326 e. The van der Waals surface area contributed by atoms with Gasteiger partial charge in [-0.2, -0.15) is 0 Å². The molecule has 206 valence electrons. The summed E-state index contributed by atoms with van der Waals surface area (Å²) in [6, 6.07) is 11.9. The summed E-state index contributed by atoms with van der Waals surface area (Å²) in [5.74, 6) is 0.738. The van der Waals surface area contributed by atoms with E-state index in [0.29, 0.717) is 11.4 Å². The Balaban J connectivity index is 0. The van der Waals surface area contributed by atoms with Gasteiger partial charge in [0.05, 0.1) is 0 Å². The Hall–Kier alpha value is -3.41. The first-order valence-corrected chi connectivity index (χ1v) is 13.3. The van der Waals surface area contributed by atoms with E-state index in [4.69, 9.17) is 0 Å². The minimum atomic E-state index is -1.09. The van der Waals surface area contributed by atoms with Crippen LogP contribution in [0.1, 0.15) is 84.2 Å². The third-order valence-electron chi connectivity index (χ3n) is 5.41. The summed E-state index contributed by atoms with van der Waals surface area (Å²) in [5, 5.41) is 13.9. The molecule has 1 heterocycles. The Morgan fingerprint density at radius 1 is 0.946 bits per heavy atom. The van der Waals surface area contributed by atoms with E-state index >= 15 is 0 Å². The van der Waals surface area contributed by atoms with Crippen LogP contribution in [0.15, 0.2) is 61.8 Å². The third kappa shape index (κ3) is 13.5. The lowest BCUT2D eigenvalue weighted by molar-refractivity contribution is -0.139. The summed E-state index contributed by atoms with van der Waals surface area (Å²) >= 11 is 0. The number of carbonyl (C=O) groups excluding carboxylic acids is 1. The minimum absolute atomic E-state index is 0.106. The number of carbonyl (C=O) groups is 2. The lowest BCUT2D eigenvalue weighted by atomic mass is 10.0. The zero-order chi connectivity index (χ0) is 29.0. The van der Waals surface area contributed by atoms with Gasteiger partial charge in [-0.3, -0.25) is 4.79 Å². The van der Waals surface area contributed by atoms with Crippen molar-refractivity contribution in [3.05, 3.63) is 78.9 Å². The molecule has 3 aromatic rings. The van der Waals surface area contributed by atoms with E-state index in [1.165, 1.54) is 0 Å². The van der Waals surface area contributed by atoms with Gasteiger partial charge in [0.2, 0.25) is 0 Å². The molecule has 3 N–H and O–H groups in total. The molecule has 37 heavy (non-hydrogen) atoms. The summed E-state index contributed by atoms with van der Waals surface area (Å²) in [4.78, 5) is 31.2. The molecule has 1 atom stereocenters. The zero-order valence-electron chi connectivity index (χ0n) is 24.4. The molecule has 6 heteroatoms. The Morgan fingerprint density at radius 2 is 1.49 bits per heavy atom. The summed E-state index contributed by atoms with van der Waals surface area (Å²) in [6.45, 7) is 24.9. The number of benzene rings is 2. The summed E-state index contributed by atoms with van der Waals surface area (Å²) < 4.78 is 0. The second-order valence-corrected chi connectivity index (χ2v) is 8.33. The molecule has 0 spiro atoms. The standard InChI is InChI=1S/C19H19N3O3.C6H14.2C2H6.C2H4/c1-2-15-11-20-17(21-15)10-16(19(24)25)22-18(23)14-8-7-12-5-3-4-6-13(12)9-14;1-5(2)6(3)4;3*1-2/h3-9,11,16H,2,10H2,1H3,(H,20,21)(H,22,23)(H,24,25);5-6H,1-4H3;2*1-2H3;1-2H2. The molecule has 0 fully saturated rings. The third-order valence-corrected chi connectivity index (χ3v) is 5.41. The van der Waals surface area contributed by atoms with Gasteiger partial charge < -0.3 is 15.4 Å². The number of aromatic nitrogens is 2. The van der Waals surface area contributed by atoms with E-state index in [1.54, 1.807) is 18.3 Å². The molecule has 0 radical (unpaired) electrons. The van der Waals surface area contributed by atoms with Crippen molar-refractivity contribution in [3.8, 4) is 0 Å². The Morgan fingerprint density at radius 3 is 1.95 bits per heavy atom. The number of nitrogens with zero attached hydrogens (tertiary/aromatic N) is 1. The number of aliphatic carboxylic acids is 1. The fraction of sp³-hybridized carbons (Fsp3) is 0.452. The molecule has 0 aliphatic rings. The van der Waals surface area contributed by atoms with Crippen LogP contribution in [0, 0.1) is 11.8 Å². The van der Waals surface area contributed by atoms with Crippen molar-refractivity contribution in [2.75, 3.05) is 0 Å². The van der Waals surface area contributed by atoms with Crippen molar-refractivity contribution >= 4 is 22.6 Å². The Bertz CT molecular complexity index is 1020. The van der Waals surface area contributed by atoms with E-state index in [0.717, 1.165) is 34.7 Å². The van der Waals surface area contributed by atoms with E-state index < -0.39 is 17.9 Å². The molecule has 1 unspecified atom stereocenters. The topological polar surface area (TPSA) is 95.1 Å². The SMILES string of the molecule is C=C.CC.CC.CC(C)C(C)C.CCc1cnc(CC(NC(=O)c2ccc3ccccc3c2)C(=O)O)[nH]1. The number of carboxylic acids is 1. The highest BCUT2D eigenvalue weighted by molar-refractivity contribution is 6.00. The molecule has 6 nitrogen and oxygen atoms in total. The van der Waals surface area contributed by atoms with E-state index in [1.807, 2.05) is 65.0 Å². The van der Waals surface area contributed by atoms with Crippen LogP contribution in [0.4, 0.5) is 0 Å². The van der Waals surface area contributed by atoms with Crippen LogP contribution in [0.3, 0.4) is 0 Å². The Kier molecular flexibility index (Phi) is 20.0. The van der Waals surface area contributed by atoms with E-state index in [9.17, 15) is 14.7 Å². The van der Waals surface area contributed by atoms with Crippen LogP contribution < -0.4 is 5.32 Å². The summed E-state index contributed by atoms with van der Waals surface area (Å²) in [7, 11) is 0. The van der Waals surface area contributed by atoms with Gasteiger partial charge in [0, 0.05) is 23.9 Å². The van der Waals surface area contributed by atoms with Crippen LogP contribution in [0.25, 0.3) is 10.8 Å². The average molecular weight is 512 g/mol. The lowest BCUT2D eigenvalue weighted by Gasteiger charge is -2.13. The van der Waals surface area contributed by atoms with Crippen molar-refractivity contribution in [2.45, 2.75) is 81.2 Å². The highest BCUT2D eigenvalue weighted by atomic mass is 16.4. The predicted molar refractivity (Wildman–Crippen MR) is 158 cm³/mol. The number of aromatic amines is 1. The van der Waals surface area contributed by atoms with Crippen LogP contribution in [0.2, 0.25) is 0 Å². The molecule has 0 saturated heterocycles. The highest BCUT2D eigenvalue weighted by Gasteiger charge is 2.22. The van der Waals surface area contributed by atoms with Gasteiger partial charge in [-0.05, 0) is 41.2 Å². The van der Waals surface area contributed by atoms with Gasteiger partial charge in [-0.1, -0.05) is 92.6 Å². The first-order chi connectivity index (χ1) is 17.7. The van der Waals surface area contributed by atoms with Gasteiger partial charge in [-0.15, -0.1) is 13.2 Å². The van der Waals surface area contributed by atoms with Crippen LogP contribution in [-0.2, 0) is 17.6 Å². The second kappa shape index (κ2) is 20.7. The molecule has 0 aliphatic heterocycles. The fourth-order valence-electron chi connectivity index (χ4n) is 2.65. The molecule has 0 bridgehead atoms. The maximum atomic E-state index is 12.4. The predicted octanol–water partition coefficient (Wildman–Crippen LogP) is 7.70. The number of amides is 1. The average Bonchev–Trinajstić information content (AvgIpc) is 3.39. The van der Waals surface area contributed by atoms with Gasteiger partial charge in [0.1, 0.15) is 11.9 Å². The molecule has 3 rings (SSSR count). The monoisotopic (exact) mass is 511 g/mol. The molecular formula is C31H49N3O3. The molecule has 0 saturated carbocycles.